The maximum Gasteiger partial charge on any atom is 0.230 e. The predicted octanol–water partition coefficient (Wildman–Crippen LogP) is 2.36. The molecule has 1 fully saturated rings. The number of aliphatic hydroxyl groups is 1. The first kappa shape index (κ1) is 14.4. The first-order valence-electron chi connectivity index (χ1n) is 6.78. The highest BCUT2D eigenvalue weighted by molar-refractivity contribution is 8.00. The van der Waals surface area contributed by atoms with Crippen molar-refractivity contribution in [1.29, 1.82) is 0 Å². The lowest BCUT2D eigenvalue weighted by Gasteiger charge is -2.11. The monoisotopic (exact) mass is 279 g/mol. The van der Waals surface area contributed by atoms with Crippen LogP contribution in [0.3, 0.4) is 0 Å². The molecule has 1 saturated carbocycles. The van der Waals surface area contributed by atoms with Gasteiger partial charge in [0.15, 0.2) is 0 Å². The van der Waals surface area contributed by atoms with E-state index in [0.29, 0.717) is 18.2 Å². The van der Waals surface area contributed by atoms with Crippen molar-refractivity contribution in [2.75, 3.05) is 12.3 Å². The average Bonchev–Trinajstić information content (AvgIpc) is 2.81. The molecule has 2 N–H and O–H groups in total. The van der Waals surface area contributed by atoms with Gasteiger partial charge in [-0.25, -0.2) is 0 Å². The average molecular weight is 279 g/mol. The van der Waals surface area contributed by atoms with Crippen LogP contribution in [0.25, 0.3) is 0 Å². The van der Waals surface area contributed by atoms with Crippen LogP contribution in [0.1, 0.15) is 24.8 Å². The van der Waals surface area contributed by atoms with E-state index in [-0.39, 0.29) is 12.0 Å². The lowest BCUT2D eigenvalue weighted by molar-refractivity contribution is -0.118. The molecule has 3 nitrogen and oxygen atoms in total. The second kappa shape index (κ2) is 6.96. The minimum Gasteiger partial charge on any atom is -0.393 e. The van der Waals surface area contributed by atoms with Crippen molar-refractivity contribution in [3.05, 3.63) is 29.8 Å². The summed E-state index contributed by atoms with van der Waals surface area (Å²) in [6.45, 7) is 2.75. The Morgan fingerprint density at radius 2 is 2.21 bits per heavy atom. The van der Waals surface area contributed by atoms with Crippen molar-refractivity contribution in [3.63, 3.8) is 0 Å². The third-order valence-electron chi connectivity index (χ3n) is 3.55. The summed E-state index contributed by atoms with van der Waals surface area (Å²) in [6.07, 6.45) is 2.55. The molecule has 0 saturated heterocycles. The molecule has 0 aromatic heterocycles. The fraction of sp³-hybridized carbons (Fsp3) is 0.533. The van der Waals surface area contributed by atoms with E-state index < -0.39 is 0 Å². The number of aryl methyl sites for hydroxylation is 1. The quantitative estimate of drug-likeness (QED) is 0.814. The van der Waals surface area contributed by atoms with Crippen LogP contribution in [0.5, 0.6) is 0 Å². The van der Waals surface area contributed by atoms with Gasteiger partial charge >= 0.3 is 0 Å². The Kier molecular flexibility index (Phi) is 5.28. The van der Waals surface area contributed by atoms with E-state index in [1.807, 2.05) is 18.2 Å². The second-order valence-electron chi connectivity index (χ2n) is 5.19. The van der Waals surface area contributed by atoms with Crippen molar-refractivity contribution in [3.8, 4) is 0 Å². The minimum atomic E-state index is -0.164. The molecule has 0 spiro atoms. The van der Waals surface area contributed by atoms with Gasteiger partial charge in [-0.3, -0.25) is 4.79 Å². The summed E-state index contributed by atoms with van der Waals surface area (Å²) in [4.78, 5) is 12.9. The van der Waals surface area contributed by atoms with Crippen LogP contribution >= 0.6 is 11.8 Å². The van der Waals surface area contributed by atoms with Crippen molar-refractivity contribution in [1.82, 2.24) is 5.32 Å². The zero-order chi connectivity index (χ0) is 13.7. The first-order chi connectivity index (χ1) is 9.15. The molecule has 1 aliphatic carbocycles. The highest BCUT2D eigenvalue weighted by Crippen LogP contribution is 2.25. The maximum atomic E-state index is 11.8. The first-order valence-corrected chi connectivity index (χ1v) is 7.77. The number of thioether (sulfide) groups is 1. The van der Waals surface area contributed by atoms with Gasteiger partial charge in [0.05, 0.1) is 11.9 Å². The molecule has 19 heavy (non-hydrogen) atoms. The molecule has 0 bridgehead atoms. The Labute approximate surface area is 118 Å². The number of nitrogens with one attached hydrogen (secondary N) is 1. The number of carbonyl (C=O) groups is 1. The van der Waals surface area contributed by atoms with E-state index in [9.17, 15) is 9.90 Å². The highest BCUT2D eigenvalue weighted by atomic mass is 32.2. The fourth-order valence-electron chi connectivity index (χ4n) is 2.40. The predicted molar refractivity (Wildman–Crippen MR) is 78.3 cm³/mol. The van der Waals surface area contributed by atoms with Crippen LogP contribution in [0, 0.1) is 12.8 Å². The normalized spacial score (nSPS) is 22.4. The van der Waals surface area contributed by atoms with Crippen molar-refractivity contribution in [2.45, 2.75) is 37.2 Å². The number of aliphatic hydroxyl groups excluding tert-OH is 1. The molecular formula is C15H21NO2S. The zero-order valence-electron chi connectivity index (χ0n) is 11.3. The molecule has 1 amide bonds. The molecule has 2 rings (SSSR count). The molecule has 1 aromatic carbocycles. The molecule has 1 aliphatic rings. The van der Waals surface area contributed by atoms with E-state index in [2.05, 4.69) is 18.3 Å². The number of hydrogen-bond donors (Lipinski definition) is 2. The molecule has 0 radical (unpaired) electrons. The Hall–Kier alpha value is -1.00. The SMILES string of the molecule is Cc1ccccc1SCC(=O)NCC1CCC(O)C1. The van der Waals surface area contributed by atoms with Crippen LogP contribution in [0.2, 0.25) is 0 Å². The summed E-state index contributed by atoms with van der Waals surface area (Å²) in [5.74, 6) is 0.984. The molecule has 2 atom stereocenters. The summed E-state index contributed by atoms with van der Waals surface area (Å²) in [7, 11) is 0. The Bertz CT molecular complexity index is 436. The highest BCUT2D eigenvalue weighted by Gasteiger charge is 2.22. The number of amides is 1. The third-order valence-corrected chi connectivity index (χ3v) is 4.73. The number of hydrogen-bond acceptors (Lipinski definition) is 3. The largest absolute Gasteiger partial charge is 0.393 e. The summed E-state index contributed by atoms with van der Waals surface area (Å²) < 4.78 is 0. The van der Waals surface area contributed by atoms with Gasteiger partial charge in [-0.15, -0.1) is 11.8 Å². The van der Waals surface area contributed by atoms with E-state index in [1.54, 1.807) is 11.8 Å². The Balaban J connectivity index is 1.69. The molecule has 0 aliphatic heterocycles. The van der Waals surface area contributed by atoms with Crippen molar-refractivity contribution < 1.29 is 9.90 Å². The second-order valence-corrected chi connectivity index (χ2v) is 6.21. The number of rotatable bonds is 5. The zero-order valence-corrected chi connectivity index (χ0v) is 12.1. The minimum absolute atomic E-state index is 0.0784. The fourth-order valence-corrected chi connectivity index (χ4v) is 3.26. The van der Waals surface area contributed by atoms with E-state index >= 15 is 0 Å². The van der Waals surface area contributed by atoms with Gasteiger partial charge in [0.1, 0.15) is 0 Å². The lowest BCUT2D eigenvalue weighted by Crippen LogP contribution is -2.30. The maximum absolute atomic E-state index is 11.8. The van der Waals surface area contributed by atoms with Gasteiger partial charge in [-0.2, -0.15) is 0 Å². The molecule has 104 valence electrons. The van der Waals surface area contributed by atoms with Crippen LogP contribution in [-0.2, 0) is 4.79 Å². The standard InChI is InChI=1S/C15H21NO2S/c1-11-4-2-3-5-14(11)19-10-15(18)16-9-12-6-7-13(17)8-12/h2-5,12-13,17H,6-10H2,1H3,(H,16,18). The number of carbonyl (C=O) groups excluding carboxylic acids is 1. The summed E-state index contributed by atoms with van der Waals surface area (Å²) in [5, 5.41) is 12.4. The molecular weight excluding hydrogens is 258 g/mol. The third kappa shape index (κ3) is 4.55. The van der Waals surface area contributed by atoms with Crippen molar-refractivity contribution >= 4 is 17.7 Å². The summed E-state index contributed by atoms with van der Waals surface area (Å²) in [5.41, 5.74) is 1.21. The van der Waals surface area contributed by atoms with E-state index in [0.717, 1.165) is 24.2 Å². The molecule has 4 heteroatoms. The van der Waals surface area contributed by atoms with Crippen LogP contribution in [0.15, 0.2) is 29.2 Å². The Morgan fingerprint density at radius 1 is 1.42 bits per heavy atom. The van der Waals surface area contributed by atoms with Crippen LogP contribution in [0.4, 0.5) is 0 Å². The molecule has 2 unspecified atom stereocenters. The molecule has 0 heterocycles. The van der Waals surface area contributed by atoms with Crippen LogP contribution < -0.4 is 5.32 Å². The van der Waals surface area contributed by atoms with Gasteiger partial charge in [0, 0.05) is 11.4 Å². The number of benzene rings is 1. The van der Waals surface area contributed by atoms with Crippen molar-refractivity contribution in [2.24, 2.45) is 5.92 Å². The lowest BCUT2D eigenvalue weighted by atomic mass is 10.1. The topological polar surface area (TPSA) is 49.3 Å². The molecule has 1 aromatic rings. The smallest absolute Gasteiger partial charge is 0.230 e. The van der Waals surface area contributed by atoms with Gasteiger partial charge < -0.3 is 10.4 Å². The van der Waals surface area contributed by atoms with Gasteiger partial charge in [-0.1, -0.05) is 18.2 Å². The van der Waals surface area contributed by atoms with Gasteiger partial charge in [0.25, 0.3) is 0 Å². The summed E-state index contributed by atoms with van der Waals surface area (Å²) in [6, 6.07) is 8.10. The van der Waals surface area contributed by atoms with Crippen LogP contribution in [-0.4, -0.2) is 29.4 Å². The van der Waals surface area contributed by atoms with Gasteiger partial charge in [-0.05, 0) is 43.7 Å². The summed E-state index contributed by atoms with van der Waals surface area (Å²) >= 11 is 1.58. The van der Waals surface area contributed by atoms with Gasteiger partial charge in [0.2, 0.25) is 5.91 Å². The Morgan fingerprint density at radius 3 is 2.89 bits per heavy atom. The van der Waals surface area contributed by atoms with E-state index in [1.165, 1.54) is 5.56 Å². The van der Waals surface area contributed by atoms with E-state index in [4.69, 9.17) is 0 Å².